The average Bonchev–Trinajstić information content (AvgIpc) is 3.80. The molecular formula is C54H43KN4. The smallest absolute Gasteiger partial charge is 1.00 e. The zero-order valence-corrected chi connectivity index (χ0v) is 34.5. The molecule has 0 bridgehead atoms. The van der Waals surface area contributed by atoms with Crippen LogP contribution in [0.2, 0.25) is 0 Å². The molecule has 0 saturated carbocycles. The van der Waals surface area contributed by atoms with E-state index in [0.29, 0.717) is 5.82 Å². The van der Waals surface area contributed by atoms with Crippen LogP contribution in [0.5, 0.6) is 0 Å². The Bertz CT molecular complexity index is 3130. The Hall–Kier alpha value is -5.92. The van der Waals surface area contributed by atoms with Crippen molar-refractivity contribution in [1.29, 1.82) is 0 Å². The Morgan fingerprint density at radius 1 is 0.305 bits per heavy atom. The monoisotopic (exact) mass is 786 g/mol. The Kier molecular flexibility index (Phi) is 11.3. The molecule has 0 atom stereocenters. The third-order valence-corrected chi connectivity index (χ3v) is 10.9. The second-order valence-electron chi connectivity index (χ2n) is 14.2. The summed E-state index contributed by atoms with van der Waals surface area (Å²) in [6.45, 7) is 0. The van der Waals surface area contributed by atoms with E-state index < -0.39 is 0 Å². The first-order valence-corrected chi connectivity index (χ1v) is 19.0. The van der Waals surface area contributed by atoms with Crippen molar-refractivity contribution in [3.8, 4) is 56.4 Å². The summed E-state index contributed by atoms with van der Waals surface area (Å²) in [6.07, 6.45) is 0. The topological polar surface area (TPSA) is 35.6 Å². The maximum atomic E-state index is 5.05. The molecule has 8 aromatic carbocycles. The van der Waals surface area contributed by atoms with Gasteiger partial charge in [-0.15, -0.1) is 0 Å². The summed E-state index contributed by atoms with van der Waals surface area (Å²) < 4.78 is 4.78. The molecule has 0 amide bonds. The summed E-state index contributed by atoms with van der Waals surface area (Å²) in [6, 6.07) is 73.2. The van der Waals surface area contributed by atoms with Crippen LogP contribution in [0.25, 0.3) is 100 Å². The Labute approximate surface area is 389 Å². The van der Waals surface area contributed by atoms with Crippen molar-refractivity contribution in [2.24, 2.45) is 0 Å². The molecule has 5 heteroatoms. The number of fused-ring (bicyclic) bond motifs is 6. The predicted octanol–water partition coefficient (Wildman–Crippen LogP) is 11.7. The number of nitrogens with zero attached hydrogens (tertiary/aromatic N) is 4. The fourth-order valence-corrected chi connectivity index (χ4v) is 8.30. The third-order valence-electron chi connectivity index (χ3n) is 10.9. The van der Waals surface area contributed by atoms with Gasteiger partial charge in [0, 0.05) is 49.6 Å². The van der Waals surface area contributed by atoms with Crippen molar-refractivity contribution in [2.75, 3.05) is 0 Å². The van der Waals surface area contributed by atoms with Crippen LogP contribution in [-0.2, 0) is 0 Å². The average molecular weight is 787 g/mol. The van der Waals surface area contributed by atoms with Gasteiger partial charge in [-0.1, -0.05) is 167 Å². The molecule has 0 saturated heterocycles. The second kappa shape index (κ2) is 16.7. The van der Waals surface area contributed by atoms with Crippen molar-refractivity contribution in [3.63, 3.8) is 0 Å². The molecule has 0 aliphatic heterocycles. The largest absolute Gasteiger partial charge is 1.00 e. The van der Waals surface area contributed by atoms with Crippen LogP contribution in [0.1, 0.15) is 16.3 Å². The summed E-state index contributed by atoms with van der Waals surface area (Å²) >= 11 is 0. The van der Waals surface area contributed by atoms with Gasteiger partial charge >= 0.3 is 51.4 Å². The Morgan fingerprint density at radius 2 is 0.712 bits per heavy atom. The molecule has 11 aromatic rings. The van der Waals surface area contributed by atoms with Gasteiger partial charge in [-0.2, -0.15) is 0 Å². The van der Waals surface area contributed by atoms with Crippen molar-refractivity contribution in [3.05, 3.63) is 206 Å². The minimum Gasteiger partial charge on any atom is -1.00 e. The molecule has 0 aliphatic carbocycles. The van der Waals surface area contributed by atoms with Gasteiger partial charge in [0.1, 0.15) is 0 Å². The molecule has 0 N–H and O–H groups in total. The zero-order valence-electron chi connectivity index (χ0n) is 32.4. The van der Waals surface area contributed by atoms with Crippen molar-refractivity contribution >= 4 is 43.6 Å². The standard InChI is InChI=1S/C52H34N4.2CH4.K.H/c1-3-14-36(15-4-1)46-34-47(37-16-5-2-6-17-37)54-52(53-46)38-28-26-35(27-29-38)39-30-31-51-45(32-39)44-22-9-12-25-50(44)56(51)41-19-13-18-40(33-41)55-48-23-10-7-20-42(48)43-21-8-11-24-49(43)55;;;;/h1-34H;2*1H4;;/q;;;+1;-1. The van der Waals surface area contributed by atoms with Gasteiger partial charge in [0.05, 0.1) is 33.5 Å². The first kappa shape index (κ1) is 39.9. The maximum absolute atomic E-state index is 5.05. The van der Waals surface area contributed by atoms with E-state index in [1.165, 1.54) is 43.6 Å². The number of hydrogen-bond acceptors (Lipinski definition) is 2. The zero-order chi connectivity index (χ0) is 37.0. The summed E-state index contributed by atoms with van der Waals surface area (Å²) in [5.74, 6) is 0.707. The molecule has 59 heavy (non-hydrogen) atoms. The summed E-state index contributed by atoms with van der Waals surface area (Å²) in [5.41, 5.74) is 14.2. The predicted molar refractivity (Wildman–Crippen MR) is 247 cm³/mol. The van der Waals surface area contributed by atoms with Crippen LogP contribution in [0.4, 0.5) is 0 Å². The van der Waals surface area contributed by atoms with Crippen LogP contribution in [0.15, 0.2) is 206 Å². The molecule has 3 heterocycles. The van der Waals surface area contributed by atoms with Crippen molar-refractivity contribution in [1.82, 2.24) is 19.1 Å². The Morgan fingerprint density at radius 3 is 1.22 bits per heavy atom. The molecule has 4 nitrogen and oxygen atoms in total. The maximum Gasteiger partial charge on any atom is 1.00 e. The molecule has 0 unspecified atom stereocenters. The summed E-state index contributed by atoms with van der Waals surface area (Å²) in [7, 11) is 0. The number of para-hydroxylation sites is 3. The SMILES string of the molecule is C.C.[H-].[K+].c1ccc(-c2cc(-c3ccccc3)nc(-c3ccc(-c4ccc5c(c4)c4ccccc4n5-c4cccc(-n5c6ccccc6c6ccccc65)c4)cc3)n2)cc1. The van der Waals surface area contributed by atoms with Gasteiger partial charge in [-0.25, -0.2) is 9.97 Å². The fraction of sp³-hybridized carbons (Fsp3) is 0.0370. The molecular weight excluding hydrogens is 744 g/mol. The molecule has 0 spiro atoms. The number of benzene rings is 8. The normalized spacial score (nSPS) is 11.0. The van der Waals surface area contributed by atoms with E-state index in [-0.39, 0.29) is 67.7 Å². The molecule has 280 valence electrons. The van der Waals surface area contributed by atoms with E-state index >= 15 is 0 Å². The van der Waals surface area contributed by atoms with Crippen LogP contribution in [0.3, 0.4) is 0 Å². The van der Waals surface area contributed by atoms with E-state index in [0.717, 1.165) is 50.6 Å². The van der Waals surface area contributed by atoms with Gasteiger partial charge in [0.15, 0.2) is 5.82 Å². The van der Waals surface area contributed by atoms with E-state index in [1.54, 1.807) is 0 Å². The van der Waals surface area contributed by atoms with E-state index in [2.05, 4.69) is 179 Å². The molecule has 0 aliphatic rings. The van der Waals surface area contributed by atoms with Gasteiger partial charge < -0.3 is 10.6 Å². The number of hydrogen-bond donors (Lipinski definition) is 0. The van der Waals surface area contributed by atoms with Crippen molar-refractivity contribution in [2.45, 2.75) is 14.9 Å². The number of aromatic nitrogens is 4. The summed E-state index contributed by atoms with van der Waals surface area (Å²) in [4.78, 5) is 10.1. The first-order chi connectivity index (χ1) is 27.8. The van der Waals surface area contributed by atoms with Gasteiger partial charge in [-0.05, 0) is 65.7 Å². The van der Waals surface area contributed by atoms with E-state index in [9.17, 15) is 0 Å². The number of rotatable bonds is 6. The summed E-state index contributed by atoms with van der Waals surface area (Å²) in [5, 5.41) is 4.96. The van der Waals surface area contributed by atoms with Gasteiger partial charge in [0.25, 0.3) is 0 Å². The van der Waals surface area contributed by atoms with E-state index in [4.69, 9.17) is 9.97 Å². The minimum atomic E-state index is 0. The molecule has 0 radical (unpaired) electrons. The van der Waals surface area contributed by atoms with Crippen LogP contribution in [0, 0.1) is 0 Å². The van der Waals surface area contributed by atoms with Gasteiger partial charge in [-0.3, -0.25) is 0 Å². The second-order valence-corrected chi connectivity index (χ2v) is 14.2. The fourth-order valence-electron chi connectivity index (χ4n) is 8.30. The van der Waals surface area contributed by atoms with Crippen LogP contribution in [-0.4, -0.2) is 19.1 Å². The van der Waals surface area contributed by atoms with Crippen LogP contribution < -0.4 is 51.4 Å². The Balaban J connectivity index is 0.00000136. The quantitative estimate of drug-likeness (QED) is 0.157. The van der Waals surface area contributed by atoms with Gasteiger partial charge in [0.2, 0.25) is 0 Å². The van der Waals surface area contributed by atoms with E-state index in [1.807, 2.05) is 36.4 Å². The molecule has 3 aromatic heterocycles. The third kappa shape index (κ3) is 7.05. The van der Waals surface area contributed by atoms with Crippen LogP contribution >= 0.6 is 0 Å². The molecule has 11 rings (SSSR count). The molecule has 0 fully saturated rings. The minimum absolute atomic E-state index is 0. The first-order valence-electron chi connectivity index (χ1n) is 19.0. The van der Waals surface area contributed by atoms with Crippen molar-refractivity contribution < 1.29 is 52.8 Å².